The van der Waals surface area contributed by atoms with Gasteiger partial charge in [0.1, 0.15) is 5.71 Å². The molecule has 2 N–H and O–H groups in total. The Hall–Kier alpha value is -1.39. The van der Waals surface area contributed by atoms with E-state index in [1.807, 2.05) is 5.43 Å². The van der Waals surface area contributed by atoms with Crippen LogP contribution in [0.1, 0.15) is 13.8 Å². The molecule has 0 aromatic rings. The monoisotopic (exact) mass is 144 g/mol. The number of hydrazone groups is 1. The van der Waals surface area contributed by atoms with Crippen LogP contribution in [-0.2, 0) is 9.59 Å². The molecule has 0 bridgehead atoms. The highest BCUT2D eigenvalue weighted by molar-refractivity contribution is 6.34. The third-order valence-electron chi connectivity index (χ3n) is 0.691. The summed E-state index contributed by atoms with van der Waals surface area (Å²) in [6, 6.07) is 0. The smallest absolute Gasteiger partial charge is 0.351 e. The molecular formula is C5H8N2O3. The first-order valence-corrected chi connectivity index (χ1v) is 2.58. The molecule has 0 saturated carbocycles. The molecule has 0 aliphatic carbocycles. The fraction of sp³-hybridized carbons (Fsp3) is 0.400. The lowest BCUT2D eigenvalue weighted by atomic mass is 10.4. The van der Waals surface area contributed by atoms with Crippen LogP contribution in [0.4, 0.5) is 0 Å². The summed E-state index contributed by atoms with van der Waals surface area (Å²) in [7, 11) is 0. The molecule has 0 atom stereocenters. The van der Waals surface area contributed by atoms with E-state index in [4.69, 9.17) is 5.11 Å². The van der Waals surface area contributed by atoms with Crippen LogP contribution in [0.25, 0.3) is 0 Å². The van der Waals surface area contributed by atoms with E-state index in [0.29, 0.717) is 0 Å². The van der Waals surface area contributed by atoms with Gasteiger partial charge in [-0.2, -0.15) is 5.10 Å². The van der Waals surface area contributed by atoms with Crippen LogP contribution in [-0.4, -0.2) is 22.7 Å². The first-order valence-electron chi connectivity index (χ1n) is 2.58. The molecule has 0 aromatic heterocycles. The van der Waals surface area contributed by atoms with Crippen molar-refractivity contribution in [1.82, 2.24) is 5.43 Å². The Morgan fingerprint density at radius 1 is 1.40 bits per heavy atom. The van der Waals surface area contributed by atoms with Gasteiger partial charge in [-0.05, 0) is 6.92 Å². The van der Waals surface area contributed by atoms with Gasteiger partial charge in [-0.3, -0.25) is 4.79 Å². The number of carbonyl (C=O) groups is 2. The van der Waals surface area contributed by atoms with Gasteiger partial charge in [0.25, 0.3) is 0 Å². The van der Waals surface area contributed by atoms with Crippen LogP contribution in [0.5, 0.6) is 0 Å². The number of hydrogen-bond acceptors (Lipinski definition) is 3. The zero-order valence-electron chi connectivity index (χ0n) is 5.71. The second-order valence-corrected chi connectivity index (χ2v) is 1.67. The number of carboxylic acids is 1. The van der Waals surface area contributed by atoms with E-state index in [0.717, 1.165) is 0 Å². The lowest BCUT2D eigenvalue weighted by Gasteiger charge is -1.92. The van der Waals surface area contributed by atoms with Gasteiger partial charge < -0.3 is 5.11 Å². The number of nitrogens with one attached hydrogen (secondary N) is 1. The van der Waals surface area contributed by atoms with Crippen molar-refractivity contribution in [3.8, 4) is 0 Å². The van der Waals surface area contributed by atoms with E-state index in [1.54, 1.807) is 0 Å². The highest BCUT2D eigenvalue weighted by Crippen LogP contribution is 1.73. The molecule has 0 fully saturated rings. The van der Waals surface area contributed by atoms with Crippen LogP contribution in [0.2, 0.25) is 0 Å². The Balaban J connectivity index is 3.92. The molecule has 0 unspecified atom stereocenters. The zero-order chi connectivity index (χ0) is 8.15. The maximum absolute atomic E-state index is 10.2. The fourth-order valence-corrected chi connectivity index (χ4v) is 0.210. The summed E-state index contributed by atoms with van der Waals surface area (Å²) in [4.78, 5) is 20.2. The van der Waals surface area contributed by atoms with Crippen LogP contribution in [0.15, 0.2) is 5.10 Å². The van der Waals surface area contributed by atoms with Gasteiger partial charge in [0.15, 0.2) is 0 Å². The SMILES string of the molecule is CC(=O)N/N=C(/C)C(=O)O. The van der Waals surface area contributed by atoms with E-state index in [1.165, 1.54) is 13.8 Å². The summed E-state index contributed by atoms with van der Waals surface area (Å²) in [5, 5.41) is 11.5. The van der Waals surface area contributed by atoms with Crippen LogP contribution < -0.4 is 5.43 Å². The van der Waals surface area contributed by atoms with E-state index in [-0.39, 0.29) is 11.6 Å². The maximum Gasteiger partial charge on any atom is 0.351 e. The molecule has 0 heterocycles. The molecule has 0 aliphatic rings. The van der Waals surface area contributed by atoms with Crippen molar-refractivity contribution in [3.05, 3.63) is 0 Å². The molecule has 5 nitrogen and oxygen atoms in total. The minimum Gasteiger partial charge on any atom is -0.477 e. The van der Waals surface area contributed by atoms with Gasteiger partial charge in [0, 0.05) is 6.92 Å². The van der Waals surface area contributed by atoms with Crippen molar-refractivity contribution in [2.24, 2.45) is 5.10 Å². The number of amides is 1. The first-order chi connectivity index (χ1) is 4.54. The summed E-state index contributed by atoms with van der Waals surface area (Å²) in [5.74, 6) is -1.53. The second-order valence-electron chi connectivity index (χ2n) is 1.67. The average Bonchev–Trinajstić information content (AvgIpc) is 1.82. The van der Waals surface area contributed by atoms with E-state index in [9.17, 15) is 9.59 Å². The van der Waals surface area contributed by atoms with Crippen molar-refractivity contribution in [1.29, 1.82) is 0 Å². The number of rotatable bonds is 2. The molecule has 56 valence electrons. The third kappa shape index (κ3) is 3.59. The maximum atomic E-state index is 10.2. The molecule has 10 heavy (non-hydrogen) atoms. The number of carbonyl (C=O) groups excluding carboxylic acids is 1. The van der Waals surface area contributed by atoms with Crippen molar-refractivity contribution in [2.75, 3.05) is 0 Å². The highest BCUT2D eigenvalue weighted by Gasteiger charge is 2.00. The Labute approximate surface area is 57.7 Å². The molecule has 0 radical (unpaired) electrons. The predicted molar refractivity (Wildman–Crippen MR) is 34.6 cm³/mol. The minimum absolute atomic E-state index is 0.143. The highest BCUT2D eigenvalue weighted by atomic mass is 16.4. The minimum atomic E-state index is -1.14. The Morgan fingerprint density at radius 2 is 1.90 bits per heavy atom. The van der Waals surface area contributed by atoms with Crippen molar-refractivity contribution in [3.63, 3.8) is 0 Å². The van der Waals surface area contributed by atoms with Gasteiger partial charge in [-0.1, -0.05) is 0 Å². The molecular weight excluding hydrogens is 136 g/mol. The molecule has 0 rings (SSSR count). The van der Waals surface area contributed by atoms with Gasteiger partial charge in [-0.25, -0.2) is 10.2 Å². The number of hydrogen-bond donors (Lipinski definition) is 2. The summed E-state index contributed by atoms with van der Waals surface area (Å²) < 4.78 is 0. The van der Waals surface area contributed by atoms with Crippen molar-refractivity contribution < 1.29 is 14.7 Å². The third-order valence-corrected chi connectivity index (χ3v) is 0.691. The van der Waals surface area contributed by atoms with Gasteiger partial charge >= 0.3 is 5.97 Å². The number of carboxylic acid groups (broad SMARTS) is 1. The van der Waals surface area contributed by atoms with E-state index in [2.05, 4.69) is 5.10 Å². The van der Waals surface area contributed by atoms with E-state index >= 15 is 0 Å². The second kappa shape index (κ2) is 3.60. The molecule has 0 saturated heterocycles. The lowest BCUT2D eigenvalue weighted by molar-refractivity contribution is -0.129. The Morgan fingerprint density at radius 3 is 2.20 bits per heavy atom. The molecule has 5 heteroatoms. The van der Waals surface area contributed by atoms with Crippen LogP contribution in [0.3, 0.4) is 0 Å². The predicted octanol–water partition coefficient (Wildman–Crippen LogP) is -0.417. The zero-order valence-corrected chi connectivity index (χ0v) is 5.71. The topological polar surface area (TPSA) is 78.8 Å². The van der Waals surface area contributed by atoms with Gasteiger partial charge in [0.05, 0.1) is 0 Å². The van der Waals surface area contributed by atoms with Crippen LogP contribution >= 0.6 is 0 Å². The largest absolute Gasteiger partial charge is 0.477 e. The fourth-order valence-electron chi connectivity index (χ4n) is 0.210. The standard InChI is InChI=1S/C5H8N2O3/c1-3(5(9)10)6-7-4(2)8/h1-2H3,(H,7,8)(H,9,10)/b6-3-. The van der Waals surface area contributed by atoms with Gasteiger partial charge in [0.2, 0.25) is 5.91 Å². The summed E-state index contributed by atoms with van der Waals surface area (Å²) in [6.07, 6.45) is 0. The van der Waals surface area contributed by atoms with Gasteiger partial charge in [-0.15, -0.1) is 0 Å². The molecule has 1 amide bonds. The molecule has 0 aromatic carbocycles. The summed E-state index contributed by atoms with van der Waals surface area (Å²) in [6.45, 7) is 2.54. The van der Waals surface area contributed by atoms with E-state index < -0.39 is 5.97 Å². The van der Waals surface area contributed by atoms with Crippen LogP contribution in [0, 0.1) is 0 Å². The Kier molecular flexibility index (Phi) is 3.10. The summed E-state index contributed by atoms with van der Waals surface area (Å²) in [5.41, 5.74) is 1.85. The Bertz CT molecular complexity index is 185. The quantitative estimate of drug-likeness (QED) is 0.408. The normalized spacial score (nSPS) is 10.8. The average molecular weight is 144 g/mol. The number of aliphatic carboxylic acids is 1. The van der Waals surface area contributed by atoms with Crippen molar-refractivity contribution in [2.45, 2.75) is 13.8 Å². The molecule has 0 spiro atoms. The molecule has 0 aliphatic heterocycles. The summed E-state index contributed by atoms with van der Waals surface area (Å²) >= 11 is 0. The van der Waals surface area contributed by atoms with Crippen molar-refractivity contribution >= 4 is 17.6 Å². The lowest BCUT2D eigenvalue weighted by Crippen LogP contribution is -2.18. The number of nitrogens with zero attached hydrogens (tertiary/aromatic N) is 1. The first kappa shape index (κ1) is 8.61.